The number of carbonyl (C=O) groups is 3. The Balaban J connectivity index is 1.67. The minimum Gasteiger partial charge on any atom is -0.493 e. The smallest absolute Gasteiger partial charge is 0.262 e. The molecule has 0 N–H and O–H groups in total. The Labute approximate surface area is 194 Å². The fraction of sp³-hybridized carbons (Fsp3) is 0.423. The number of hydrogen-bond donors (Lipinski definition) is 0. The number of hydrogen-bond acceptors (Lipinski definition) is 5. The van der Waals surface area contributed by atoms with Crippen molar-refractivity contribution in [1.82, 2.24) is 9.80 Å². The van der Waals surface area contributed by atoms with Crippen LogP contribution in [0.25, 0.3) is 0 Å². The lowest BCUT2D eigenvalue weighted by Crippen LogP contribution is -2.53. The molecular formula is C26H30N2O5. The molecule has 0 saturated heterocycles. The Morgan fingerprint density at radius 1 is 1.03 bits per heavy atom. The van der Waals surface area contributed by atoms with Gasteiger partial charge < -0.3 is 14.4 Å². The van der Waals surface area contributed by atoms with Gasteiger partial charge in [0.05, 0.1) is 31.4 Å². The topological polar surface area (TPSA) is 76.2 Å². The first-order chi connectivity index (χ1) is 15.8. The van der Waals surface area contributed by atoms with Crippen LogP contribution in [0.15, 0.2) is 36.4 Å². The van der Waals surface area contributed by atoms with Gasteiger partial charge in [-0.05, 0) is 61.1 Å². The standard InChI is InChI=1S/C26H30N2O5/c1-15(2)12-21(28-24(29)18-8-6-7-9-19(18)25(28)30)26(31)27-11-10-17-13-22(32-4)23(33-5)14-20(17)16(27)3/h6-9,13-16,21H,10-12H2,1-5H3/t16-,21+/m0/s1. The molecule has 0 radical (unpaired) electrons. The highest BCUT2D eigenvalue weighted by Crippen LogP contribution is 2.39. The van der Waals surface area contributed by atoms with E-state index in [1.54, 1.807) is 43.4 Å². The van der Waals surface area contributed by atoms with Crippen LogP contribution >= 0.6 is 0 Å². The second-order valence-electron chi connectivity index (χ2n) is 9.03. The van der Waals surface area contributed by atoms with Crippen molar-refractivity contribution in [1.29, 1.82) is 0 Å². The summed E-state index contributed by atoms with van der Waals surface area (Å²) in [7, 11) is 3.19. The van der Waals surface area contributed by atoms with E-state index in [4.69, 9.17) is 9.47 Å². The van der Waals surface area contributed by atoms with Crippen molar-refractivity contribution in [3.8, 4) is 11.5 Å². The summed E-state index contributed by atoms with van der Waals surface area (Å²) in [6, 6.07) is 9.56. The fourth-order valence-electron chi connectivity index (χ4n) is 4.89. The highest BCUT2D eigenvalue weighted by Gasteiger charge is 2.45. The lowest BCUT2D eigenvalue weighted by molar-refractivity contribution is -0.138. The third kappa shape index (κ3) is 3.86. The van der Waals surface area contributed by atoms with Crippen molar-refractivity contribution in [2.24, 2.45) is 5.92 Å². The normalized spacial score (nSPS) is 18.3. The first kappa shape index (κ1) is 22.8. The predicted octanol–water partition coefficient (Wildman–Crippen LogP) is 3.86. The van der Waals surface area contributed by atoms with Crippen molar-refractivity contribution in [2.75, 3.05) is 20.8 Å². The molecule has 2 aliphatic heterocycles. The molecular weight excluding hydrogens is 420 g/mol. The Hall–Kier alpha value is -3.35. The lowest BCUT2D eigenvalue weighted by Gasteiger charge is -2.39. The number of carbonyl (C=O) groups excluding carboxylic acids is 3. The molecule has 0 aromatic heterocycles. The summed E-state index contributed by atoms with van der Waals surface area (Å²) in [4.78, 5) is 43.1. The van der Waals surface area contributed by atoms with Crippen LogP contribution in [0, 0.1) is 5.92 Å². The molecule has 174 valence electrons. The molecule has 0 bridgehead atoms. The van der Waals surface area contributed by atoms with Crippen LogP contribution in [-0.4, -0.2) is 54.3 Å². The van der Waals surface area contributed by atoms with Gasteiger partial charge in [-0.3, -0.25) is 19.3 Å². The summed E-state index contributed by atoms with van der Waals surface area (Å²) in [5, 5.41) is 0. The number of nitrogens with zero attached hydrogens (tertiary/aromatic N) is 2. The summed E-state index contributed by atoms with van der Waals surface area (Å²) >= 11 is 0. The summed E-state index contributed by atoms with van der Waals surface area (Å²) in [6.07, 6.45) is 1.06. The van der Waals surface area contributed by atoms with E-state index in [1.807, 2.05) is 32.9 Å². The van der Waals surface area contributed by atoms with Gasteiger partial charge >= 0.3 is 0 Å². The highest BCUT2D eigenvalue weighted by atomic mass is 16.5. The van der Waals surface area contributed by atoms with E-state index in [-0.39, 0.29) is 17.9 Å². The van der Waals surface area contributed by atoms with E-state index in [1.165, 1.54) is 4.90 Å². The van der Waals surface area contributed by atoms with Crippen LogP contribution in [0.5, 0.6) is 11.5 Å². The molecule has 2 aliphatic rings. The number of imide groups is 1. The Morgan fingerprint density at radius 2 is 1.61 bits per heavy atom. The van der Waals surface area contributed by atoms with E-state index in [0.29, 0.717) is 42.0 Å². The number of methoxy groups -OCH3 is 2. The monoisotopic (exact) mass is 450 g/mol. The van der Waals surface area contributed by atoms with Crippen LogP contribution < -0.4 is 9.47 Å². The summed E-state index contributed by atoms with van der Waals surface area (Å²) in [6.45, 7) is 6.45. The average molecular weight is 451 g/mol. The summed E-state index contributed by atoms with van der Waals surface area (Å²) < 4.78 is 10.9. The number of fused-ring (bicyclic) bond motifs is 2. The van der Waals surface area contributed by atoms with E-state index >= 15 is 0 Å². The number of rotatable bonds is 6. The van der Waals surface area contributed by atoms with Crippen molar-refractivity contribution in [2.45, 2.75) is 45.7 Å². The Morgan fingerprint density at radius 3 is 2.15 bits per heavy atom. The first-order valence-electron chi connectivity index (χ1n) is 11.3. The molecule has 2 aromatic rings. The van der Waals surface area contributed by atoms with Gasteiger partial charge in [-0.15, -0.1) is 0 Å². The number of ether oxygens (including phenoxy) is 2. The van der Waals surface area contributed by atoms with E-state index in [9.17, 15) is 14.4 Å². The molecule has 33 heavy (non-hydrogen) atoms. The van der Waals surface area contributed by atoms with Gasteiger partial charge in [0.1, 0.15) is 6.04 Å². The molecule has 0 unspecified atom stereocenters. The Kier molecular flexibility index (Phi) is 6.15. The molecule has 0 spiro atoms. The maximum absolute atomic E-state index is 13.9. The molecule has 2 aromatic carbocycles. The average Bonchev–Trinajstić information content (AvgIpc) is 3.06. The van der Waals surface area contributed by atoms with Crippen molar-refractivity contribution >= 4 is 17.7 Å². The van der Waals surface area contributed by atoms with Gasteiger partial charge in [-0.2, -0.15) is 0 Å². The molecule has 7 nitrogen and oxygen atoms in total. The van der Waals surface area contributed by atoms with Gasteiger partial charge in [0.25, 0.3) is 11.8 Å². The SMILES string of the molecule is COc1cc2c(cc1OC)[C@H](C)N(C(=O)[C@@H](CC(C)C)N1C(=O)c3ccccc3C1=O)CC2. The van der Waals surface area contributed by atoms with Gasteiger partial charge in [0.15, 0.2) is 11.5 Å². The predicted molar refractivity (Wildman–Crippen MR) is 124 cm³/mol. The van der Waals surface area contributed by atoms with E-state index < -0.39 is 17.9 Å². The molecule has 3 amide bonds. The largest absolute Gasteiger partial charge is 0.493 e. The summed E-state index contributed by atoms with van der Waals surface area (Å²) in [5.41, 5.74) is 2.80. The van der Waals surface area contributed by atoms with Crippen molar-refractivity contribution < 1.29 is 23.9 Å². The quantitative estimate of drug-likeness (QED) is 0.625. The van der Waals surface area contributed by atoms with Crippen molar-refractivity contribution in [3.05, 3.63) is 58.7 Å². The number of benzene rings is 2. The van der Waals surface area contributed by atoms with E-state index in [2.05, 4.69) is 0 Å². The maximum Gasteiger partial charge on any atom is 0.262 e. The zero-order valence-electron chi connectivity index (χ0n) is 19.8. The molecule has 0 fully saturated rings. The maximum atomic E-state index is 13.9. The van der Waals surface area contributed by atoms with Crippen LogP contribution in [0.3, 0.4) is 0 Å². The van der Waals surface area contributed by atoms with Crippen LogP contribution in [0.4, 0.5) is 0 Å². The molecule has 4 rings (SSSR count). The number of amides is 3. The van der Waals surface area contributed by atoms with Crippen molar-refractivity contribution in [3.63, 3.8) is 0 Å². The third-order valence-corrected chi connectivity index (χ3v) is 6.58. The van der Waals surface area contributed by atoms with Crippen LogP contribution in [0.2, 0.25) is 0 Å². The van der Waals surface area contributed by atoms with E-state index in [0.717, 1.165) is 11.1 Å². The third-order valence-electron chi connectivity index (χ3n) is 6.58. The first-order valence-corrected chi connectivity index (χ1v) is 11.3. The molecule has 0 aliphatic carbocycles. The highest BCUT2D eigenvalue weighted by molar-refractivity contribution is 6.22. The van der Waals surface area contributed by atoms with Gasteiger partial charge in [0, 0.05) is 6.54 Å². The van der Waals surface area contributed by atoms with Gasteiger partial charge in [-0.25, -0.2) is 0 Å². The Bertz CT molecular complexity index is 1070. The zero-order chi connectivity index (χ0) is 23.9. The minimum atomic E-state index is -0.846. The lowest BCUT2D eigenvalue weighted by atomic mass is 9.91. The molecule has 2 heterocycles. The summed E-state index contributed by atoms with van der Waals surface area (Å²) in [5.74, 6) is 0.395. The molecule has 7 heteroatoms. The van der Waals surface area contributed by atoms with Gasteiger partial charge in [-0.1, -0.05) is 26.0 Å². The fourth-order valence-corrected chi connectivity index (χ4v) is 4.89. The molecule has 2 atom stereocenters. The zero-order valence-corrected chi connectivity index (χ0v) is 19.8. The second kappa shape index (κ2) is 8.89. The minimum absolute atomic E-state index is 0.125. The van der Waals surface area contributed by atoms with Crippen LogP contribution in [0.1, 0.15) is 65.1 Å². The molecule has 0 saturated carbocycles. The van der Waals surface area contributed by atoms with Crippen LogP contribution in [-0.2, 0) is 11.2 Å². The second-order valence-corrected chi connectivity index (χ2v) is 9.03. The van der Waals surface area contributed by atoms with Gasteiger partial charge in [0.2, 0.25) is 5.91 Å².